The highest BCUT2D eigenvalue weighted by atomic mass is 32.2. The smallest absolute Gasteiger partial charge is 0.315 e. The van der Waals surface area contributed by atoms with Crippen molar-refractivity contribution in [1.29, 1.82) is 0 Å². The zero-order valence-electron chi connectivity index (χ0n) is 31.2. The summed E-state index contributed by atoms with van der Waals surface area (Å²) < 4.78 is 25.6. The average Bonchev–Trinajstić information content (AvgIpc) is 3.91. The first-order valence-electron chi connectivity index (χ1n) is 18.3. The van der Waals surface area contributed by atoms with Crippen molar-refractivity contribution in [2.75, 3.05) is 19.3 Å². The largest absolute Gasteiger partial charge is 0.347 e. The van der Waals surface area contributed by atoms with E-state index in [1.807, 2.05) is 34.6 Å². The molecule has 5 atom stereocenters. The molecule has 0 unspecified atom stereocenters. The van der Waals surface area contributed by atoms with Crippen LogP contribution in [0.25, 0.3) is 0 Å². The quantitative estimate of drug-likeness (QED) is 0.261. The first-order valence-corrected chi connectivity index (χ1v) is 20.0. The summed E-state index contributed by atoms with van der Waals surface area (Å²) in [7, 11) is -1.98. The normalized spacial score (nSPS) is 27.5. The lowest BCUT2D eigenvalue weighted by molar-refractivity contribution is -0.152. The number of carbonyl (C=O) groups is 5. The minimum atomic E-state index is -3.56. The maximum absolute atomic E-state index is 14.4. The lowest BCUT2D eigenvalue weighted by Gasteiger charge is -2.41. The minimum Gasteiger partial charge on any atom is -0.347 e. The Morgan fingerprint density at radius 3 is 2.10 bits per heavy atom. The lowest BCUT2D eigenvalue weighted by Crippen LogP contribution is -2.64. The first-order chi connectivity index (χ1) is 22.6. The van der Waals surface area contributed by atoms with Crippen LogP contribution in [0.4, 0.5) is 4.79 Å². The number of urea groups is 1. The summed E-state index contributed by atoms with van der Waals surface area (Å²) in [4.78, 5) is 72.1. The molecule has 3 N–H and O–H groups in total. The molecule has 0 spiro atoms. The molecule has 13 heteroatoms. The van der Waals surface area contributed by atoms with Crippen LogP contribution in [0.1, 0.15) is 126 Å². The predicted octanol–water partition coefficient (Wildman–Crippen LogP) is 3.72. The van der Waals surface area contributed by atoms with Gasteiger partial charge in [0.25, 0.3) is 5.91 Å². The number of likely N-dealkylation sites (tertiary alicyclic amines) is 1. The molecule has 0 bridgehead atoms. The van der Waals surface area contributed by atoms with Gasteiger partial charge < -0.3 is 25.8 Å². The van der Waals surface area contributed by atoms with Crippen LogP contribution in [0, 0.1) is 17.3 Å². The number of carbonyl (C=O) groups excluding carboxylic acids is 5. The predicted molar refractivity (Wildman–Crippen MR) is 188 cm³/mol. The average molecular weight is 708 g/mol. The minimum absolute atomic E-state index is 0.00997. The number of Topliss-reactive ketones (excluding diaryl/α,β-unsaturated/α-hetero) is 1. The van der Waals surface area contributed by atoms with Gasteiger partial charge in [-0.05, 0) is 83.0 Å². The fourth-order valence-electron chi connectivity index (χ4n) is 7.83. The standard InChI is InChI=1S/C36H61N5O7S/c1-10-14-24-21-36(24,28(42)29(43)37-25-15-16-25)40(9)30(44)26-23(2)17-20-41(26)31(45)27(33(3,4)5)38-32(46)39-35(18-12-11-13-19-35)22-49(47,48)34(6,7)8/h23-27H,10-22H2,1-9H3,(H,37,43)(H2,38,39,46)/t23-,24-,26-,27+,36+/m0/s1. The molecule has 0 aromatic rings. The van der Waals surface area contributed by atoms with Gasteiger partial charge in [0.2, 0.25) is 17.6 Å². The van der Waals surface area contributed by atoms with Crippen LogP contribution in [-0.4, -0.2) is 101 Å². The summed E-state index contributed by atoms with van der Waals surface area (Å²) in [5.41, 5.74) is -2.93. The molecule has 0 radical (unpaired) electrons. The molecular formula is C36H61N5O7S. The molecule has 1 saturated heterocycles. The van der Waals surface area contributed by atoms with Crippen molar-refractivity contribution in [3.8, 4) is 0 Å². The van der Waals surface area contributed by atoms with Crippen LogP contribution >= 0.6 is 0 Å². The fourth-order valence-corrected chi connectivity index (χ4v) is 9.35. The van der Waals surface area contributed by atoms with Crippen molar-refractivity contribution in [3.05, 3.63) is 0 Å². The van der Waals surface area contributed by atoms with Crippen molar-refractivity contribution >= 4 is 39.4 Å². The second-order valence-corrected chi connectivity index (χ2v) is 20.2. The second kappa shape index (κ2) is 14.1. The Morgan fingerprint density at radius 1 is 0.959 bits per heavy atom. The van der Waals surface area contributed by atoms with E-state index in [1.165, 1.54) is 9.80 Å². The molecule has 3 saturated carbocycles. The molecular weight excluding hydrogens is 646 g/mol. The van der Waals surface area contributed by atoms with Gasteiger partial charge in [-0.25, -0.2) is 13.2 Å². The van der Waals surface area contributed by atoms with E-state index in [0.717, 1.165) is 38.5 Å². The van der Waals surface area contributed by atoms with Gasteiger partial charge in [-0.15, -0.1) is 0 Å². The molecule has 1 heterocycles. The van der Waals surface area contributed by atoms with E-state index >= 15 is 0 Å². The van der Waals surface area contributed by atoms with E-state index in [4.69, 9.17) is 0 Å². The van der Waals surface area contributed by atoms with Gasteiger partial charge >= 0.3 is 6.03 Å². The van der Waals surface area contributed by atoms with Gasteiger partial charge in [0, 0.05) is 19.6 Å². The van der Waals surface area contributed by atoms with Crippen molar-refractivity contribution in [1.82, 2.24) is 25.8 Å². The highest BCUT2D eigenvalue weighted by Crippen LogP contribution is 2.52. The van der Waals surface area contributed by atoms with Gasteiger partial charge in [-0.2, -0.15) is 0 Å². The summed E-state index contributed by atoms with van der Waals surface area (Å²) in [6.07, 6.45) is 7.74. The Hall–Kier alpha value is -2.70. The highest BCUT2D eigenvalue weighted by Gasteiger charge is 2.66. The third-order valence-electron chi connectivity index (χ3n) is 11.4. The molecule has 4 fully saturated rings. The number of nitrogens with zero attached hydrogens (tertiary/aromatic N) is 2. The van der Waals surface area contributed by atoms with Gasteiger partial charge in [-0.1, -0.05) is 60.3 Å². The van der Waals surface area contributed by atoms with E-state index in [0.29, 0.717) is 38.6 Å². The van der Waals surface area contributed by atoms with Gasteiger partial charge in [0.1, 0.15) is 17.6 Å². The second-order valence-electron chi connectivity index (χ2n) is 17.4. The Kier molecular flexibility index (Phi) is 11.3. The zero-order valence-corrected chi connectivity index (χ0v) is 32.1. The summed E-state index contributed by atoms with van der Waals surface area (Å²) in [6, 6.07) is -2.49. The molecule has 12 nitrogen and oxygen atoms in total. The Labute approximate surface area is 293 Å². The van der Waals surface area contributed by atoms with Gasteiger partial charge in [0.15, 0.2) is 9.84 Å². The van der Waals surface area contributed by atoms with Crippen molar-refractivity contribution in [2.45, 2.75) is 160 Å². The van der Waals surface area contributed by atoms with Crippen LogP contribution in [0.2, 0.25) is 0 Å². The maximum atomic E-state index is 14.4. The van der Waals surface area contributed by atoms with E-state index in [9.17, 15) is 32.4 Å². The molecule has 49 heavy (non-hydrogen) atoms. The zero-order chi connectivity index (χ0) is 36.7. The number of likely N-dealkylation sites (N-methyl/N-ethyl adjacent to an activating group) is 1. The van der Waals surface area contributed by atoms with Gasteiger partial charge in [0.05, 0.1) is 16.0 Å². The Morgan fingerprint density at radius 2 is 1.57 bits per heavy atom. The molecule has 0 aromatic carbocycles. The van der Waals surface area contributed by atoms with Crippen LogP contribution in [0.3, 0.4) is 0 Å². The van der Waals surface area contributed by atoms with E-state index in [1.54, 1.807) is 27.8 Å². The number of rotatable bonds is 12. The van der Waals surface area contributed by atoms with Crippen LogP contribution in [0.5, 0.6) is 0 Å². The molecule has 0 aromatic heterocycles. The lowest BCUT2D eigenvalue weighted by atomic mass is 9.83. The SMILES string of the molecule is CCC[C@H]1C[C@@]1(C(=O)C(=O)NC1CC1)N(C)C(=O)[C@@H]1[C@@H](C)CCN1C(=O)[C@@H](NC(=O)NC1(CS(=O)(=O)C(C)(C)C)CCCCC1)C(C)(C)C. The third-order valence-corrected chi connectivity index (χ3v) is 14.2. The molecule has 5 amide bonds. The van der Waals surface area contributed by atoms with Crippen molar-refractivity contribution in [2.24, 2.45) is 17.3 Å². The number of nitrogens with one attached hydrogen (secondary N) is 3. The fraction of sp³-hybridized carbons (Fsp3) is 0.861. The van der Waals surface area contributed by atoms with Crippen LogP contribution < -0.4 is 16.0 Å². The monoisotopic (exact) mass is 707 g/mol. The van der Waals surface area contributed by atoms with E-state index < -0.39 is 66.8 Å². The Bertz CT molecular complexity index is 1410. The number of hydrogen-bond acceptors (Lipinski definition) is 7. The summed E-state index contributed by atoms with van der Waals surface area (Å²) in [5.74, 6) is -2.56. The molecule has 3 aliphatic carbocycles. The molecule has 4 rings (SSSR count). The summed E-state index contributed by atoms with van der Waals surface area (Å²) >= 11 is 0. The van der Waals surface area contributed by atoms with Crippen LogP contribution in [0.15, 0.2) is 0 Å². The molecule has 278 valence electrons. The van der Waals surface area contributed by atoms with E-state index in [-0.39, 0.29) is 29.5 Å². The number of amides is 5. The van der Waals surface area contributed by atoms with Crippen molar-refractivity contribution < 1.29 is 32.4 Å². The van der Waals surface area contributed by atoms with E-state index in [2.05, 4.69) is 16.0 Å². The summed E-state index contributed by atoms with van der Waals surface area (Å²) in [6.45, 7) is 14.7. The number of sulfone groups is 1. The van der Waals surface area contributed by atoms with Gasteiger partial charge in [-0.3, -0.25) is 19.2 Å². The van der Waals surface area contributed by atoms with Crippen molar-refractivity contribution in [3.63, 3.8) is 0 Å². The topological polar surface area (TPSA) is 162 Å². The first kappa shape index (κ1) is 39.1. The summed E-state index contributed by atoms with van der Waals surface area (Å²) in [5, 5.41) is 8.69. The molecule has 1 aliphatic heterocycles. The number of ketones is 1. The highest BCUT2D eigenvalue weighted by molar-refractivity contribution is 7.92. The molecule has 4 aliphatic rings. The third kappa shape index (κ3) is 8.28. The van der Waals surface area contributed by atoms with Crippen LogP contribution in [-0.2, 0) is 29.0 Å². The maximum Gasteiger partial charge on any atom is 0.315 e. The number of hydrogen-bond donors (Lipinski definition) is 3. The Balaban J connectivity index is 1.55.